The molecule has 1 aromatic heterocycles. The van der Waals surface area contributed by atoms with E-state index < -0.39 is 12.0 Å². The Labute approximate surface area is 118 Å². The summed E-state index contributed by atoms with van der Waals surface area (Å²) in [5, 5.41) is 10.5. The third kappa shape index (κ3) is 2.98. The number of halogens is 1. The molecule has 1 unspecified atom stereocenters. The van der Waals surface area contributed by atoms with Crippen LogP contribution in [-0.4, -0.2) is 22.9 Å². The van der Waals surface area contributed by atoms with Crippen molar-refractivity contribution in [3.63, 3.8) is 0 Å². The molecule has 6 heteroatoms. The van der Waals surface area contributed by atoms with Crippen LogP contribution in [0, 0.1) is 0 Å². The van der Waals surface area contributed by atoms with Crippen molar-refractivity contribution < 1.29 is 9.90 Å². The van der Waals surface area contributed by atoms with E-state index in [1.54, 1.807) is 11.3 Å². The Morgan fingerprint density at radius 2 is 2.22 bits per heavy atom. The van der Waals surface area contributed by atoms with Crippen LogP contribution in [0.4, 0.5) is 0 Å². The van der Waals surface area contributed by atoms with E-state index in [4.69, 9.17) is 22.4 Å². The second-order valence-electron chi connectivity index (χ2n) is 3.80. The third-order valence-corrected chi connectivity index (χ3v) is 5.43. The molecular weight excluding hydrogens is 290 g/mol. The highest BCUT2D eigenvalue weighted by atomic mass is 35.5. The molecule has 0 aliphatic carbocycles. The van der Waals surface area contributed by atoms with Crippen LogP contribution >= 0.6 is 34.7 Å². The molecule has 3 nitrogen and oxygen atoms in total. The summed E-state index contributed by atoms with van der Waals surface area (Å²) in [5.74, 6) is 0.115. The van der Waals surface area contributed by atoms with Crippen molar-refractivity contribution in [2.45, 2.75) is 11.8 Å². The largest absolute Gasteiger partial charge is 0.480 e. The van der Waals surface area contributed by atoms with Gasteiger partial charge in [0.1, 0.15) is 6.04 Å². The molecule has 1 heterocycles. The van der Waals surface area contributed by atoms with Crippen molar-refractivity contribution >= 4 is 50.8 Å². The molecule has 1 atom stereocenters. The molecule has 0 aliphatic rings. The van der Waals surface area contributed by atoms with Gasteiger partial charge in [0.05, 0.1) is 5.02 Å². The number of benzene rings is 1. The van der Waals surface area contributed by atoms with Crippen LogP contribution < -0.4 is 5.73 Å². The van der Waals surface area contributed by atoms with E-state index in [-0.39, 0.29) is 0 Å². The second-order valence-corrected chi connectivity index (χ2v) is 6.34. The van der Waals surface area contributed by atoms with Crippen molar-refractivity contribution in [2.75, 3.05) is 5.75 Å². The number of thiophene rings is 1. The van der Waals surface area contributed by atoms with E-state index in [2.05, 4.69) is 0 Å². The Hall–Kier alpha value is -0.750. The van der Waals surface area contributed by atoms with E-state index in [0.717, 1.165) is 20.0 Å². The highest BCUT2D eigenvalue weighted by Gasteiger charge is 2.13. The molecule has 96 valence electrons. The molecule has 0 saturated carbocycles. The quantitative estimate of drug-likeness (QED) is 0.890. The SMILES string of the molecule is NC(CSCc1sc2ccccc2c1Cl)C(=O)O. The molecule has 0 saturated heterocycles. The van der Waals surface area contributed by atoms with Crippen LogP contribution in [0.25, 0.3) is 10.1 Å². The Balaban J connectivity index is 2.04. The summed E-state index contributed by atoms with van der Waals surface area (Å²) in [4.78, 5) is 11.7. The average molecular weight is 302 g/mol. The zero-order chi connectivity index (χ0) is 13.1. The Bertz CT molecular complexity index is 570. The minimum atomic E-state index is -0.968. The minimum absolute atomic E-state index is 0.389. The van der Waals surface area contributed by atoms with Crippen molar-refractivity contribution in [1.82, 2.24) is 0 Å². The monoisotopic (exact) mass is 301 g/mol. The number of aliphatic carboxylic acids is 1. The number of rotatable bonds is 5. The molecule has 1 aromatic carbocycles. The maximum Gasteiger partial charge on any atom is 0.321 e. The number of carbonyl (C=O) groups is 1. The molecule has 0 bridgehead atoms. The number of hydrogen-bond donors (Lipinski definition) is 2. The van der Waals surface area contributed by atoms with Gasteiger partial charge < -0.3 is 10.8 Å². The molecule has 18 heavy (non-hydrogen) atoms. The molecule has 3 N–H and O–H groups in total. The first-order valence-corrected chi connectivity index (χ1v) is 7.66. The summed E-state index contributed by atoms with van der Waals surface area (Å²) in [6, 6.07) is 7.14. The highest BCUT2D eigenvalue weighted by Crippen LogP contribution is 2.37. The van der Waals surface area contributed by atoms with E-state index >= 15 is 0 Å². The summed E-state index contributed by atoms with van der Waals surface area (Å²) in [6.07, 6.45) is 0. The highest BCUT2D eigenvalue weighted by molar-refractivity contribution is 7.98. The fraction of sp³-hybridized carbons (Fsp3) is 0.250. The van der Waals surface area contributed by atoms with Crippen LogP contribution in [0.5, 0.6) is 0 Å². The Kier molecular flexibility index (Phi) is 4.50. The molecule has 0 radical (unpaired) electrons. The van der Waals surface area contributed by atoms with Crippen LogP contribution in [0.15, 0.2) is 24.3 Å². The van der Waals surface area contributed by atoms with Gasteiger partial charge in [0.25, 0.3) is 0 Å². The lowest BCUT2D eigenvalue weighted by Crippen LogP contribution is -2.32. The van der Waals surface area contributed by atoms with Gasteiger partial charge in [-0.25, -0.2) is 0 Å². The maximum atomic E-state index is 10.6. The normalized spacial score (nSPS) is 12.8. The first-order valence-electron chi connectivity index (χ1n) is 5.31. The summed E-state index contributed by atoms with van der Waals surface area (Å²) >= 11 is 9.42. The molecule has 2 aromatic rings. The van der Waals surface area contributed by atoms with Gasteiger partial charge in [-0.3, -0.25) is 4.79 Å². The van der Waals surface area contributed by atoms with Crippen molar-refractivity contribution in [3.05, 3.63) is 34.2 Å². The number of hydrogen-bond acceptors (Lipinski definition) is 4. The number of carboxylic acids is 1. The molecule has 0 amide bonds. The lowest BCUT2D eigenvalue weighted by atomic mass is 10.2. The van der Waals surface area contributed by atoms with Gasteiger partial charge in [0, 0.05) is 26.5 Å². The molecular formula is C12H12ClNO2S2. The Morgan fingerprint density at radius 1 is 1.50 bits per heavy atom. The average Bonchev–Trinajstić information content (AvgIpc) is 2.67. The van der Waals surface area contributed by atoms with E-state index in [1.165, 1.54) is 11.8 Å². The molecule has 2 rings (SSSR count). The first-order chi connectivity index (χ1) is 8.59. The van der Waals surface area contributed by atoms with Crippen molar-refractivity contribution in [2.24, 2.45) is 5.73 Å². The van der Waals surface area contributed by atoms with Crippen LogP contribution in [0.3, 0.4) is 0 Å². The molecule has 0 fully saturated rings. The van der Waals surface area contributed by atoms with E-state index in [1.807, 2.05) is 24.3 Å². The van der Waals surface area contributed by atoms with Gasteiger partial charge >= 0.3 is 5.97 Å². The van der Waals surface area contributed by atoms with Gasteiger partial charge in [0.2, 0.25) is 0 Å². The minimum Gasteiger partial charge on any atom is -0.480 e. The summed E-state index contributed by atoms with van der Waals surface area (Å²) < 4.78 is 1.15. The van der Waals surface area contributed by atoms with Crippen LogP contribution in [-0.2, 0) is 10.5 Å². The predicted molar refractivity (Wildman–Crippen MR) is 78.6 cm³/mol. The topological polar surface area (TPSA) is 63.3 Å². The lowest BCUT2D eigenvalue weighted by molar-refractivity contribution is -0.137. The van der Waals surface area contributed by atoms with Gasteiger partial charge in [-0.2, -0.15) is 11.8 Å². The van der Waals surface area contributed by atoms with Gasteiger partial charge in [0.15, 0.2) is 0 Å². The van der Waals surface area contributed by atoms with Crippen LogP contribution in [0.2, 0.25) is 5.02 Å². The number of fused-ring (bicyclic) bond motifs is 1. The van der Waals surface area contributed by atoms with Crippen molar-refractivity contribution in [1.29, 1.82) is 0 Å². The third-order valence-electron chi connectivity index (χ3n) is 2.45. The summed E-state index contributed by atoms with van der Waals surface area (Å²) in [7, 11) is 0. The first kappa shape index (κ1) is 13.7. The fourth-order valence-electron chi connectivity index (χ4n) is 1.51. The summed E-state index contributed by atoms with van der Waals surface area (Å²) in [6.45, 7) is 0. The van der Waals surface area contributed by atoms with Crippen molar-refractivity contribution in [3.8, 4) is 0 Å². The maximum absolute atomic E-state index is 10.6. The van der Waals surface area contributed by atoms with Gasteiger partial charge in [-0.1, -0.05) is 29.8 Å². The number of thioether (sulfide) groups is 1. The smallest absolute Gasteiger partial charge is 0.321 e. The van der Waals surface area contributed by atoms with E-state index in [9.17, 15) is 4.79 Å². The van der Waals surface area contributed by atoms with Gasteiger partial charge in [-0.15, -0.1) is 11.3 Å². The fourth-order valence-corrected chi connectivity index (χ4v) is 4.21. The zero-order valence-electron chi connectivity index (χ0n) is 9.43. The molecule has 0 spiro atoms. The zero-order valence-corrected chi connectivity index (χ0v) is 11.8. The van der Waals surface area contributed by atoms with Gasteiger partial charge in [-0.05, 0) is 6.07 Å². The van der Waals surface area contributed by atoms with Crippen LogP contribution in [0.1, 0.15) is 4.88 Å². The van der Waals surface area contributed by atoms with E-state index in [0.29, 0.717) is 11.5 Å². The summed E-state index contributed by atoms with van der Waals surface area (Å²) in [5.41, 5.74) is 5.44. The standard InChI is InChI=1S/C12H12ClNO2S2/c13-11-7-3-1-2-4-9(7)18-10(11)6-17-5-8(14)12(15)16/h1-4,8H,5-6,14H2,(H,15,16). The Morgan fingerprint density at radius 3 is 2.89 bits per heavy atom. The second kappa shape index (κ2) is 5.93. The molecule has 0 aliphatic heterocycles. The number of carboxylic acid groups (broad SMARTS) is 1. The lowest BCUT2D eigenvalue weighted by Gasteiger charge is -2.04. The number of nitrogens with two attached hydrogens (primary N) is 1. The predicted octanol–water partition coefficient (Wildman–Crippen LogP) is 3.20.